The van der Waals surface area contributed by atoms with Crippen molar-refractivity contribution in [3.63, 3.8) is 0 Å². The van der Waals surface area contributed by atoms with Gasteiger partial charge in [0.2, 0.25) is 0 Å². The number of Topliss-reactive ketones (excluding diaryl/α,β-unsaturated/α-hetero) is 1. The molecule has 0 spiro atoms. The van der Waals surface area contributed by atoms with Gasteiger partial charge in [0, 0.05) is 12.5 Å². The van der Waals surface area contributed by atoms with E-state index in [2.05, 4.69) is 10.3 Å². The normalized spacial score (nSPS) is 14.3. The van der Waals surface area contributed by atoms with Gasteiger partial charge in [-0.15, -0.1) is 0 Å². The summed E-state index contributed by atoms with van der Waals surface area (Å²) < 4.78 is 0. The molecule has 0 aromatic heterocycles. The summed E-state index contributed by atoms with van der Waals surface area (Å²) in [4.78, 5) is 15.3. The molecule has 0 aromatic rings. The topological polar surface area (TPSA) is 67.5 Å². The van der Waals surface area contributed by atoms with Crippen LogP contribution < -0.4 is 11.1 Å². The largest absolute Gasteiger partial charge is 0.387 e. The van der Waals surface area contributed by atoms with Gasteiger partial charge >= 0.3 is 0 Å². The molecule has 0 bridgehead atoms. The van der Waals surface area contributed by atoms with Crippen molar-refractivity contribution in [2.75, 3.05) is 13.6 Å². The molecule has 0 aliphatic carbocycles. The number of hydrogen-bond donors (Lipinski definition) is 2. The van der Waals surface area contributed by atoms with Gasteiger partial charge in [-0.1, -0.05) is 13.8 Å². The zero-order valence-electron chi connectivity index (χ0n) is 10.2. The van der Waals surface area contributed by atoms with Crippen molar-refractivity contribution in [1.82, 2.24) is 5.32 Å². The number of likely N-dealkylation sites (N-methyl/N-ethyl adjacent to an activating group) is 1. The zero-order chi connectivity index (χ0) is 11.8. The molecule has 4 nitrogen and oxygen atoms in total. The molecule has 0 radical (unpaired) electrons. The number of ketones is 1. The fraction of sp³-hybridized carbons (Fsp3) is 0.818. The highest BCUT2D eigenvalue weighted by Crippen LogP contribution is 1.99. The van der Waals surface area contributed by atoms with Gasteiger partial charge in [0.15, 0.2) is 0 Å². The third-order valence-electron chi connectivity index (χ3n) is 2.38. The number of nitrogens with two attached hydrogens (primary N) is 1. The molecular formula is C11H23N3O. The highest BCUT2D eigenvalue weighted by Gasteiger charge is 2.10. The number of amidine groups is 1. The number of carbonyl (C=O) groups excluding carboxylic acids is 1. The van der Waals surface area contributed by atoms with E-state index in [-0.39, 0.29) is 11.8 Å². The molecule has 0 aromatic carbocycles. The van der Waals surface area contributed by atoms with Crippen LogP contribution >= 0.6 is 0 Å². The third kappa shape index (κ3) is 6.23. The highest BCUT2D eigenvalue weighted by atomic mass is 16.1. The Morgan fingerprint density at radius 1 is 1.47 bits per heavy atom. The summed E-state index contributed by atoms with van der Waals surface area (Å²) in [6.07, 6.45) is 1.71. The van der Waals surface area contributed by atoms with E-state index in [9.17, 15) is 4.79 Å². The van der Waals surface area contributed by atoms with Gasteiger partial charge < -0.3 is 11.1 Å². The van der Waals surface area contributed by atoms with Crippen molar-refractivity contribution in [3.8, 4) is 0 Å². The van der Waals surface area contributed by atoms with Crippen LogP contribution in [-0.2, 0) is 4.79 Å². The molecule has 0 aliphatic heterocycles. The number of carbonyl (C=O) groups is 1. The quantitative estimate of drug-likeness (QED) is 0.376. The number of aliphatic imine (C=N–C) groups is 1. The predicted octanol–water partition coefficient (Wildman–Crippen LogP) is 0.957. The molecule has 4 heteroatoms. The van der Waals surface area contributed by atoms with E-state index in [0.29, 0.717) is 18.3 Å². The van der Waals surface area contributed by atoms with E-state index >= 15 is 0 Å². The lowest BCUT2D eigenvalue weighted by Gasteiger charge is -2.11. The third-order valence-corrected chi connectivity index (χ3v) is 2.38. The SMILES string of the molecule is CNC(CCCN=C(N)C(C)C)C(C)=O. The van der Waals surface area contributed by atoms with Crippen LogP contribution in [0.2, 0.25) is 0 Å². The molecular weight excluding hydrogens is 190 g/mol. The molecule has 15 heavy (non-hydrogen) atoms. The lowest BCUT2D eigenvalue weighted by molar-refractivity contribution is -0.119. The lowest BCUT2D eigenvalue weighted by atomic mass is 10.1. The van der Waals surface area contributed by atoms with Gasteiger partial charge in [0.1, 0.15) is 5.78 Å². The average molecular weight is 213 g/mol. The van der Waals surface area contributed by atoms with Crippen LogP contribution in [0.4, 0.5) is 0 Å². The minimum Gasteiger partial charge on any atom is -0.387 e. The Hall–Kier alpha value is -0.900. The van der Waals surface area contributed by atoms with Gasteiger partial charge in [-0.25, -0.2) is 0 Å². The Morgan fingerprint density at radius 2 is 2.07 bits per heavy atom. The summed E-state index contributed by atoms with van der Waals surface area (Å²) in [5.41, 5.74) is 5.69. The van der Waals surface area contributed by atoms with Gasteiger partial charge in [-0.2, -0.15) is 0 Å². The first kappa shape index (κ1) is 14.1. The number of nitrogens with zero attached hydrogens (tertiary/aromatic N) is 1. The van der Waals surface area contributed by atoms with Gasteiger partial charge in [-0.3, -0.25) is 9.79 Å². The van der Waals surface area contributed by atoms with Crippen molar-refractivity contribution in [2.45, 2.75) is 39.7 Å². The van der Waals surface area contributed by atoms with E-state index < -0.39 is 0 Å². The van der Waals surface area contributed by atoms with Crippen LogP contribution in [0.1, 0.15) is 33.6 Å². The van der Waals surface area contributed by atoms with E-state index in [1.807, 2.05) is 13.8 Å². The van der Waals surface area contributed by atoms with Crippen LogP contribution in [0, 0.1) is 5.92 Å². The van der Waals surface area contributed by atoms with Gasteiger partial charge in [-0.05, 0) is 26.8 Å². The van der Waals surface area contributed by atoms with Crippen LogP contribution in [-0.4, -0.2) is 31.3 Å². The first-order chi connectivity index (χ1) is 6.99. The molecule has 1 atom stereocenters. The summed E-state index contributed by atoms with van der Waals surface area (Å²) >= 11 is 0. The van der Waals surface area contributed by atoms with Crippen molar-refractivity contribution in [1.29, 1.82) is 0 Å². The van der Waals surface area contributed by atoms with E-state index in [0.717, 1.165) is 12.8 Å². The summed E-state index contributed by atoms with van der Waals surface area (Å²) in [6, 6.07) is -0.0412. The maximum atomic E-state index is 11.1. The van der Waals surface area contributed by atoms with E-state index in [1.165, 1.54) is 0 Å². The highest BCUT2D eigenvalue weighted by molar-refractivity contribution is 5.82. The van der Waals surface area contributed by atoms with Crippen LogP contribution in [0.15, 0.2) is 4.99 Å². The number of hydrogen-bond acceptors (Lipinski definition) is 3. The molecule has 0 saturated carbocycles. The molecule has 88 valence electrons. The minimum atomic E-state index is -0.0412. The van der Waals surface area contributed by atoms with E-state index in [4.69, 9.17) is 5.73 Å². The second-order valence-corrected chi connectivity index (χ2v) is 4.06. The molecule has 0 amide bonds. The first-order valence-electron chi connectivity index (χ1n) is 5.46. The van der Waals surface area contributed by atoms with Crippen LogP contribution in [0.3, 0.4) is 0 Å². The molecule has 0 rings (SSSR count). The first-order valence-corrected chi connectivity index (χ1v) is 5.46. The number of nitrogens with one attached hydrogen (secondary N) is 1. The summed E-state index contributed by atoms with van der Waals surface area (Å²) in [6.45, 7) is 6.35. The zero-order valence-corrected chi connectivity index (χ0v) is 10.2. The minimum absolute atomic E-state index is 0.0412. The fourth-order valence-corrected chi connectivity index (χ4v) is 1.24. The molecule has 1 unspecified atom stereocenters. The Morgan fingerprint density at radius 3 is 2.47 bits per heavy atom. The van der Waals surface area contributed by atoms with E-state index in [1.54, 1.807) is 14.0 Å². The van der Waals surface area contributed by atoms with Gasteiger partial charge in [0.05, 0.1) is 11.9 Å². The van der Waals surface area contributed by atoms with Crippen molar-refractivity contribution < 1.29 is 4.79 Å². The second-order valence-electron chi connectivity index (χ2n) is 4.06. The van der Waals surface area contributed by atoms with Gasteiger partial charge in [0.25, 0.3) is 0 Å². The van der Waals surface area contributed by atoms with Crippen LogP contribution in [0.5, 0.6) is 0 Å². The Bertz CT molecular complexity index is 224. The Labute approximate surface area is 92.3 Å². The molecule has 0 fully saturated rings. The molecule has 0 heterocycles. The lowest BCUT2D eigenvalue weighted by Crippen LogP contribution is -2.32. The molecule has 0 aliphatic rings. The summed E-state index contributed by atoms with van der Waals surface area (Å²) in [5.74, 6) is 1.18. The predicted molar refractivity (Wildman–Crippen MR) is 64.1 cm³/mol. The van der Waals surface area contributed by atoms with Crippen molar-refractivity contribution in [3.05, 3.63) is 0 Å². The molecule has 0 saturated heterocycles. The smallest absolute Gasteiger partial charge is 0.146 e. The Kier molecular flexibility index (Phi) is 6.96. The number of rotatable bonds is 7. The summed E-state index contributed by atoms with van der Waals surface area (Å²) in [5, 5.41) is 2.98. The summed E-state index contributed by atoms with van der Waals surface area (Å²) in [7, 11) is 1.80. The standard InChI is InChI=1S/C11H23N3O/c1-8(2)11(12)14-7-5-6-10(13-4)9(3)15/h8,10,13H,5-7H2,1-4H3,(H2,12,14). The second kappa shape index (κ2) is 7.40. The monoisotopic (exact) mass is 213 g/mol. The average Bonchev–Trinajstić information content (AvgIpc) is 2.16. The maximum Gasteiger partial charge on any atom is 0.146 e. The van der Waals surface area contributed by atoms with Crippen LogP contribution in [0.25, 0.3) is 0 Å². The van der Waals surface area contributed by atoms with Crippen molar-refractivity contribution >= 4 is 11.6 Å². The molecule has 3 N–H and O–H groups in total. The maximum absolute atomic E-state index is 11.1. The van der Waals surface area contributed by atoms with Crippen molar-refractivity contribution in [2.24, 2.45) is 16.6 Å². The Balaban J connectivity index is 3.79. The fourth-order valence-electron chi connectivity index (χ4n) is 1.24.